The molecule has 0 aliphatic heterocycles. The molecule has 0 fully saturated rings. The van der Waals surface area contributed by atoms with Crippen molar-refractivity contribution in [2.45, 2.75) is 25.7 Å². The van der Waals surface area contributed by atoms with Crippen molar-refractivity contribution in [3.05, 3.63) is 81.3 Å². The zero-order chi connectivity index (χ0) is 23.1. The molecule has 0 saturated carbocycles. The molecule has 0 aromatic heterocycles. The number of hydrogen-bond acceptors (Lipinski definition) is 5. The second-order valence-corrected chi connectivity index (χ2v) is 15.0. The average Bonchev–Trinajstić information content (AvgIpc) is 2.75. The number of hydrogen-bond donors (Lipinski definition) is 0. The summed E-state index contributed by atoms with van der Waals surface area (Å²) in [5, 5.41) is 11.6. The molecule has 0 bridgehead atoms. The van der Waals surface area contributed by atoms with Gasteiger partial charge in [0.15, 0.2) is 6.79 Å². The quantitative estimate of drug-likeness (QED) is 0.0917. The van der Waals surface area contributed by atoms with Crippen molar-refractivity contribution in [1.29, 1.82) is 0 Å². The van der Waals surface area contributed by atoms with Crippen LogP contribution in [0, 0.1) is 10.1 Å². The number of benzene rings is 3. The van der Waals surface area contributed by atoms with Gasteiger partial charge in [-0.2, -0.15) is 0 Å². The maximum absolute atomic E-state index is 11.6. The molecule has 6 nitrogen and oxygen atoms in total. The van der Waals surface area contributed by atoms with Crippen molar-refractivity contribution in [2.24, 2.45) is 0 Å². The van der Waals surface area contributed by atoms with Gasteiger partial charge in [-0.1, -0.05) is 62.1 Å². The predicted molar refractivity (Wildman–Crippen MR) is 132 cm³/mol. The highest BCUT2D eigenvalue weighted by atomic mass is 79.9. The third kappa shape index (κ3) is 6.91. The van der Waals surface area contributed by atoms with Gasteiger partial charge in [-0.25, -0.2) is 0 Å². The molecule has 0 spiro atoms. The van der Waals surface area contributed by atoms with E-state index >= 15 is 0 Å². The van der Waals surface area contributed by atoms with Crippen molar-refractivity contribution >= 4 is 29.7 Å². The van der Waals surface area contributed by atoms with Crippen molar-refractivity contribution in [2.75, 3.05) is 13.4 Å². The molecule has 32 heavy (non-hydrogen) atoms. The van der Waals surface area contributed by atoms with Gasteiger partial charge < -0.3 is 14.2 Å². The van der Waals surface area contributed by atoms with Crippen molar-refractivity contribution < 1.29 is 19.1 Å². The average molecular weight is 516 g/mol. The van der Waals surface area contributed by atoms with Gasteiger partial charge in [0.2, 0.25) is 5.75 Å². The lowest BCUT2D eigenvalue weighted by molar-refractivity contribution is -0.385. The Morgan fingerprint density at radius 2 is 1.59 bits per heavy atom. The van der Waals surface area contributed by atoms with Crippen LogP contribution >= 0.6 is 15.9 Å². The number of rotatable bonds is 10. The minimum Gasteiger partial charge on any atom is -0.466 e. The summed E-state index contributed by atoms with van der Waals surface area (Å²) in [5.74, 6) is 0.959. The first-order valence-corrected chi connectivity index (χ1v) is 14.7. The minimum atomic E-state index is -1.18. The van der Waals surface area contributed by atoms with Crippen LogP contribution in [0.3, 0.4) is 0 Å². The fourth-order valence-corrected chi connectivity index (χ4v) is 4.07. The highest BCUT2D eigenvalue weighted by molar-refractivity contribution is 9.10. The van der Waals surface area contributed by atoms with Crippen LogP contribution in [0.5, 0.6) is 17.2 Å². The van der Waals surface area contributed by atoms with E-state index in [1.54, 1.807) is 18.2 Å². The topological polar surface area (TPSA) is 70.8 Å². The molecule has 0 saturated heterocycles. The Morgan fingerprint density at radius 1 is 0.938 bits per heavy atom. The third-order valence-electron chi connectivity index (χ3n) is 4.69. The van der Waals surface area contributed by atoms with Gasteiger partial charge in [-0.15, -0.1) is 0 Å². The van der Waals surface area contributed by atoms with Gasteiger partial charge in [-0.05, 0) is 45.2 Å². The van der Waals surface area contributed by atoms with E-state index in [1.165, 1.54) is 6.07 Å². The first-order valence-electron chi connectivity index (χ1n) is 10.2. The van der Waals surface area contributed by atoms with Crippen molar-refractivity contribution in [3.8, 4) is 28.4 Å². The highest BCUT2D eigenvalue weighted by Gasteiger charge is 2.21. The minimum absolute atomic E-state index is 0.0292. The first-order chi connectivity index (χ1) is 15.2. The Morgan fingerprint density at radius 3 is 2.22 bits per heavy atom. The van der Waals surface area contributed by atoms with Crippen LogP contribution in [0.1, 0.15) is 0 Å². The van der Waals surface area contributed by atoms with E-state index in [1.807, 2.05) is 42.5 Å². The molecule has 3 aromatic rings. The maximum Gasteiger partial charge on any atom is 0.315 e. The number of nitrogens with zero attached hydrogens (tertiary/aromatic N) is 1. The summed E-state index contributed by atoms with van der Waals surface area (Å²) in [6.07, 6.45) is 0. The largest absolute Gasteiger partial charge is 0.466 e. The van der Waals surface area contributed by atoms with Crippen LogP contribution in [0.15, 0.2) is 71.2 Å². The number of halogens is 1. The number of nitro benzene ring substituents is 1. The first kappa shape index (κ1) is 24.0. The molecule has 0 aliphatic carbocycles. The molecular formula is C24H26BrNO5Si. The van der Waals surface area contributed by atoms with Crippen molar-refractivity contribution in [3.63, 3.8) is 0 Å². The van der Waals surface area contributed by atoms with Gasteiger partial charge >= 0.3 is 5.69 Å². The lowest BCUT2D eigenvalue weighted by Crippen LogP contribution is -2.22. The lowest BCUT2D eigenvalue weighted by Gasteiger charge is -2.16. The van der Waals surface area contributed by atoms with Gasteiger partial charge in [0.1, 0.15) is 11.5 Å². The van der Waals surface area contributed by atoms with E-state index in [4.69, 9.17) is 14.2 Å². The molecule has 168 valence electrons. The molecular weight excluding hydrogens is 490 g/mol. The van der Waals surface area contributed by atoms with Gasteiger partial charge in [-0.3, -0.25) is 10.1 Å². The number of nitro groups is 1. The summed E-state index contributed by atoms with van der Waals surface area (Å²) in [4.78, 5) is 11.1. The van der Waals surface area contributed by atoms with Gasteiger partial charge in [0.05, 0.1) is 15.5 Å². The summed E-state index contributed by atoms with van der Waals surface area (Å²) in [7, 11) is -1.18. The molecule has 0 unspecified atom stereocenters. The summed E-state index contributed by atoms with van der Waals surface area (Å²) in [6.45, 7) is 7.44. The molecule has 0 aliphatic rings. The van der Waals surface area contributed by atoms with Crippen LogP contribution in [-0.2, 0) is 4.74 Å². The van der Waals surface area contributed by atoms with E-state index in [2.05, 4.69) is 35.6 Å². The van der Waals surface area contributed by atoms with Crippen LogP contribution in [0.4, 0.5) is 5.69 Å². The summed E-state index contributed by atoms with van der Waals surface area (Å²) >= 11 is 3.41. The van der Waals surface area contributed by atoms with E-state index in [9.17, 15) is 10.1 Å². The van der Waals surface area contributed by atoms with Crippen LogP contribution in [-0.4, -0.2) is 26.4 Å². The molecule has 3 aromatic carbocycles. The molecule has 0 radical (unpaired) electrons. The molecule has 0 amide bonds. The Bertz CT molecular complexity index is 1050. The van der Waals surface area contributed by atoms with Crippen LogP contribution < -0.4 is 9.47 Å². The normalized spacial score (nSPS) is 11.2. The number of ether oxygens (including phenoxy) is 3. The van der Waals surface area contributed by atoms with Gasteiger partial charge in [0, 0.05) is 20.7 Å². The van der Waals surface area contributed by atoms with Crippen LogP contribution in [0.25, 0.3) is 11.1 Å². The fourth-order valence-electron chi connectivity index (χ4n) is 2.87. The van der Waals surface area contributed by atoms with Crippen LogP contribution in [0.2, 0.25) is 25.7 Å². The molecule has 0 N–H and O–H groups in total. The molecule has 8 heteroatoms. The Kier molecular flexibility index (Phi) is 8.06. The van der Waals surface area contributed by atoms with E-state index in [0.717, 1.165) is 17.2 Å². The smallest absolute Gasteiger partial charge is 0.315 e. The van der Waals surface area contributed by atoms with Gasteiger partial charge in [0.25, 0.3) is 0 Å². The zero-order valence-electron chi connectivity index (χ0n) is 18.3. The van der Waals surface area contributed by atoms with E-state index < -0.39 is 13.0 Å². The summed E-state index contributed by atoms with van der Waals surface area (Å²) < 4.78 is 17.5. The molecule has 0 atom stereocenters. The van der Waals surface area contributed by atoms with E-state index in [0.29, 0.717) is 22.6 Å². The lowest BCUT2D eigenvalue weighted by atomic mass is 10.1. The second-order valence-electron chi connectivity index (χ2n) is 8.48. The summed E-state index contributed by atoms with van der Waals surface area (Å²) in [5.41, 5.74) is 1.94. The Hall–Kier alpha value is -2.68. The third-order valence-corrected chi connectivity index (χ3v) is 7.02. The monoisotopic (exact) mass is 515 g/mol. The highest BCUT2D eigenvalue weighted by Crippen LogP contribution is 2.40. The zero-order valence-corrected chi connectivity index (χ0v) is 20.9. The Labute approximate surface area is 197 Å². The molecule has 0 heterocycles. The SMILES string of the molecule is C[Si](C)(C)CCOCOc1cc([N+](=O)[O-])c(Oc2ccc(-c3ccccc3)cc2)cc1Br. The molecule has 3 rings (SSSR count). The van der Waals surface area contributed by atoms with E-state index in [-0.39, 0.29) is 18.2 Å². The fraction of sp³-hybridized carbons (Fsp3) is 0.250. The second kappa shape index (κ2) is 10.8. The van der Waals surface area contributed by atoms with Crippen molar-refractivity contribution in [1.82, 2.24) is 0 Å². The maximum atomic E-state index is 11.6. The Balaban J connectivity index is 1.70. The predicted octanol–water partition coefficient (Wildman–Crippen LogP) is 7.51. The summed E-state index contributed by atoms with van der Waals surface area (Å²) in [6, 6.07) is 21.3. The standard InChI is InChI=1S/C24H26BrNO5Si/c1-32(2,3)14-13-29-17-30-23-16-22(26(27)28)24(15-21(23)25)31-20-11-9-19(10-12-20)18-7-5-4-6-8-18/h4-12,15-16H,13-14,17H2,1-3H3.